The second-order valence-electron chi connectivity index (χ2n) is 5.27. The lowest BCUT2D eigenvalue weighted by Crippen LogP contribution is -1.90. The fourth-order valence-electron chi connectivity index (χ4n) is 2.62. The summed E-state index contributed by atoms with van der Waals surface area (Å²) in [5.41, 5.74) is 5.00. The Labute approximate surface area is 136 Å². The van der Waals surface area contributed by atoms with Crippen LogP contribution in [0.5, 0.6) is 5.75 Å². The van der Waals surface area contributed by atoms with Gasteiger partial charge in [0.2, 0.25) is 0 Å². The molecule has 0 unspecified atom stereocenters. The summed E-state index contributed by atoms with van der Waals surface area (Å²) in [6, 6.07) is 25.6. The van der Waals surface area contributed by atoms with Gasteiger partial charge in [-0.25, -0.2) is 0 Å². The van der Waals surface area contributed by atoms with Crippen LogP contribution in [0.2, 0.25) is 0 Å². The second-order valence-corrected chi connectivity index (χ2v) is 5.27. The van der Waals surface area contributed by atoms with Crippen LogP contribution in [0.1, 0.15) is 22.3 Å². The first-order valence-corrected chi connectivity index (χ1v) is 7.56. The fraction of sp³-hybridized carbons (Fsp3) is 0. The molecule has 3 aromatic carbocycles. The molecule has 0 amide bonds. The number of aromatic hydroxyl groups is 1. The molecule has 0 bridgehead atoms. The lowest BCUT2D eigenvalue weighted by molar-refractivity contribution is 0.473. The predicted octanol–water partition coefficient (Wildman–Crippen LogP) is 5.62. The van der Waals surface area contributed by atoms with Gasteiger partial charge in [-0.2, -0.15) is 0 Å². The van der Waals surface area contributed by atoms with Gasteiger partial charge in [0.15, 0.2) is 0 Å². The van der Waals surface area contributed by atoms with Gasteiger partial charge in [0.05, 0.1) is 0 Å². The van der Waals surface area contributed by atoms with Crippen LogP contribution in [0.15, 0.2) is 85.4 Å². The molecular formula is C22H18O. The van der Waals surface area contributed by atoms with Gasteiger partial charge in [-0.3, -0.25) is 0 Å². The number of hydrogen-bond donors (Lipinski definition) is 1. The highest BCUT2D eigenvalue weighted by Gasteiger charge is 2.10. The van der Waals surface area contributed by atoms with Gasteiger partial charge in [0, 0.05) is 5.56 Å². The normalized spacial score (nSPS) is 11.2. The maximum Gasteiger partial charge on any atom is 0.123 e. The Hall–Kier alpha value is -3.06. The summed E-state index contributed by atoms with van der Waals surface area (Å²) in [7, 11) is 0. The molecule has 0 radical (unpaired) electrons. The van der Waals surface area contributed by atoms with Gasteiger partial charge in [-0.05, 0) is 34.4 Å². The van der Waals surface area contributed by atoms with E-state index in [4.69, 9.17) is 0 Å². The van der Waals surface area contributed by atoms with E-state index in [0.717, 1.165) is 27.8 Å². The SMILES string of the molecule is C=Cc1ccccc1C=C(c1ccccc1)c1ccccc1O. The van der Waals surface area contributed by atoms with Crippen LogP contribution in [-0.2, 0) is 0 Å². The fourth-order valence-corrected chi connectivity index (χ4v) is 2.62. The first-order chi connectivity index (χ1) is 11.3. The van der Waals surface area contributed by atoms with E-state index >= 15 is 0 Å². The number of para-hydroxylation sites is 1. The Morgan fingerprint density at radius 3 is 2.04 bits per heavy atom. The van der Waals surface area contributed by atoms with Gasteiger partial charge in [-0.1, -0.05) is 85.5 Å². The van der Waals surface area contributed by atoms with Gasteiger partial charge < -0.3 is 5.11 Å². The molecule has 3 rings (SSSR count). The Morgan fingerprint density at radius 1 is 0.739 bits per heavy atom. The van der Waals surface area contributed by atoms with E-state index < -0.39 is 0 Å². The lowest BCUT2D eigenvalue weighted by Gasteiger charge is -2.11. The largest absolute Gasteiger partial charge is 0.507 e. The van der Waals surface area contributed by atoms with Crippen LogP contribution in [0.4, 0.5) is 0 Å². The van der Waals surface area contributed by atoms with Crippen molar-refractivity contribution in [2.24, 2.45) is 0 Å². The Balaban J connectivity index is 2.23. The second kappa shape index (κ2) is 6.80. The maximum absolute atomic E-state index is 10.3. The molecule has 0 aliphatic carbocycles. The van der Waals surface area contributed by atoms with Crippen LogP contribution in [0, 0.1) is 0 Å². The molecule has 0 aliphatic heterocycles. The van der Waals surface area contributed by atoms with Gasteiger partial charge in [0.1, 0.15) is 5.75 Å². The minimum atomic E-state index is 0.277. The summed E-state index contributed by atoms with van der Waals surface area (Å²) in [6.07, 6.45) is 3.95. The Morgan fingerprint density at radius 2 is 1.35 bits per heavy atom. The highest BCUT2D eigenvalue weighted by atomic mass is 16.3. The average molecular weight is 298 g/mol. The first-order valence-electron chi connectivity index (χ1n) is 7.56. The van der Waals surface area contributed by atoms with Gasteiger partial charge in [0.25, 0.3) is 0 Å². The molecule has 0 saturated carbocycles. The van der Waals surface area contributed by atoms with Gasteiger partial charge in [-0.15, -0.1) is 0 Å². The monoisotopic (exact) mass is 298 g/mol. The molecule has 3 aromatic rings. The third-order valence-corrected chi connectivity index (χ3v) is 3.79. The Bertz CT molecular complexity index is 845. The van der Waals surface area contributed by atoms with Crippen LogP contribution < -0.4 is 0 Å². The van der Waals surface area contributed by atoms with Crippen molar-refractivity contribution in [3.8, 4) is 5.75 Å². The number of rotatable bonds is 4. The molecule has 1 N–H and O–H groups in total. The molecule has 0 aliphatic rings. The standard InChI is InChI=1S/C22H18O/c1-2-17-10-6-7-13-19(17)16-21(18-11-4-3-5-12-18)20-14-8-9-15-22(20)23/h2-16,23H,1H2. The molecule has 0 aromatic heterocycles. The Kier molecular flexibility index (Phi) is 4.39. The number of hydrogen-bond acceptors (Lipinski definition) is 1. The smallest absolute Gasteiger partial charge is 0.123 e. The molecular weight excluding hydrogens is 280 g/mol. The zero-order chi connectivity index (χ0) is 16.1. The third kappa shape index (κ3) is 3.24. The van der Waals surface area contributed by atoms with Crippen LogP contribution in [0.3, 0.4) is 0 Å². The summed E-state index contributed by atoms with van der Waals surface area (Å²) in [6.45, 7) is 3.88. The zero-order valence-electron chi connectivity index (χ0n) is 12.8. The quantitative estimate of drug-likeness (QED) is 0.619. The highest BCUT2D eigenvalue weighted by molar-refractivity contribution is 5.94. The maximum atomic E-state index is 10.3. The van der Waals surface area contributed by atoms with Crippen LogP contribution in [0.25, 0.3) is 17.7 Å². The van der Waals surface area contributed by atoms with E-state index in [-0.39, 0.29) is 5.75 Å². The molecule has 0 spiro atoms. The van der Waals surface area contributed by atoms with Crippen molar-refractivity contribution in [3.63, 3.8) is 0 Å². The van der Waals surface area contributed by atoms with Crippen LogP contribution >= 0.6 is 0 Å². The minimum absolute atomic E-state index is 0.277. The van der Waals surface area contributed by atoms with E-state index in [2.05, 4.69) is 30.9 Å². The third-order valence-electron chi connectivity index (χ3n) is 3.79. The van der Waals surface area contributed by atoms with Crippen molar-refractivity contribution in [1.29, 1.82) is 0 Å². The van der Waals surface area contributed by atoms with Crippen LogP contribution in [-0.4, -0.2) is 5.11 Å². The molecule has 0 saturated heterocycles. The van der Waals surface area contributed by atoms with Crippen molar-refractivity contribution in [1.82, 2.24) is 0 Å². The molecule has 1 heteroatoms. The number of phenols is 1. The minimum Gasteiger partial charge on any atom is -0.507 e. The molecule has 0 atom stereocenters. The highest BCUT2D eigenvalue weighted by Crippen LogP contribution is 2.32. The van der Waals surface area contributed by atoms with E-state index in [1.54, 1.807) is 6.07 Å². The summed E-state index contributed by atoms with van der Waals surface area (Å²) in [5.74, 6) is 0.277. The summed E-state index contributed by atoms with van der Waals surface area (Å²) >= 11 is 0. The average Bonchev–Trinajstić information content (AvgIpc) is 2.61. The predicted molar refractivity (Wildman–Crippen MR) is 98.1 cm³/mol. The molecule has 1 nitrogen and oxygen atoms in total. The topological polar surface area (TPSA) is 20.2 Å². The van der Waals surface area contributed by atoms with Gasteiger partial charge >= 0.3 is 0 Å². The molecule has 0 heterocycles. The van der Waals surface area contributed by atoms with Crippen molar-refractivity contribution in [2.75, 3.05) is 0 Å². The van der Waals surface area contributed by atoms with Crippen molar-refractivity contribution in [3.05, 3.63) is 108 Å². The van der Waals surface area contributed by atoms with Crippen molar-refractivity contribution < 1.29 is 5.11 Å². The molecule has 112 valence electrons. The number of benzene rings is 3. The van der Waals surface area contributed by atoms with E-state index in [1.165, 1.54) is 0 Å². The lowest BCUT2D eigenvalue weighted by atomic mass is 9.94. The van der Waals surface area contributed by atoms with E-state index in [0.29, 0.717) is 0 Å². The van der Waals surface area contributed by atoms with Crippen molar-refractivity contribution >= 4 is 17.7 Å². The number of phenolic OH excluding ortho intramolecular Hbond substituents is 1. The molecule has 23 heavy (non-hydrogen) atoms. The molecule has 0 fully saturated rings. The zero-order valence-corrected chi connectivity index (χ0v) is 12.8. The summed E-state index contributed by atoms with van der Waals surface area (Å²) in [4.78, 5) is 0. The first kappa shape index (κ1) is 14.9. The summed E-state index contributed by atoms with van der Waals surface area (Å²) < 4.78 is 0. The van der Waals surface area contributed by atoms with E-state index in [1.807, 2.05) is 60.7 Å². The summed E-state index contributed by atoms with van der Waals surface area (Å²) in [5, 5.41) is 10.3. The van der Waals surface area contributed by atoms with E-state index in [9.17, 15) is 5.11 Å². The van der Waals surface area contributed by atoms with Crippen molar-refractivity contribution in [2.45, 2.75) is 0 Å².